The topological polar surface area (TPSA) is 24.4 Å². The Morgan fingerprint density at radius 1 is 1.33 bits per heavy atom. The van der Waals surface area contributed by atoms with Gasteiger partial charge < -0.3 is 5.43 Å². The maximum atomic E-state index is 4.46. The SMILES string of the molecule is CC(C)(C)C1=NNC2CCCC12. The molecule has 1 saturated carbocycles. The van der Waals surface area contributed by atoms with E-state index in [1.54, 1.807) is 0 Å². The van der Waals surface area contributed by atoms with E-state index in [0.717, 1.165) is 5.92 Å². The summed E-state index contributed by atoms with van der Waals surface area (Å²) in [5.74, 6) is 0.741. The number of rotatable bonds is 0. The normalized spacial score (nSPS) is 34.4. The minimum Gasteiger partial charge on any atom is -0.306 e. The van der Waals surface area contributed by atoms with E-state index in [1.165, 1.54) is 25.0 Å². The van der Waals surface area contributed by atoms with E-state index in [4.69, 9.17) is 0 Å². The van der Waals surface area contributed by atoms with Gasteiger partial charge in [-0.2, -0.15) is 5.10 Å². The van der Waals surface area contributed by atoms with Gasteiger partial charge in [0.15, 0.2) is 0 Å². The van der Waals surface area contributed by atoms with Crippen molar-refractivity contribution in [3.05, 3.63) is 0 Å². The van der Waals surface area contributed by atoms with E-state index in [1.807, 2.05) is 0 Å². The number of hydrogen-bond donors (Lipinski definition) is 1. The molecule has 2 rings (SSSR count). The summed E-state index contributed by atoms with van der Waals surface area (Å²) in [7, 11) is 0. The van der Waals surface area contributed by atoms with Crippen LogP contribution in [0, 0.1) is 11.3 Å². The number of nitrogens with zero attached hydrogens (tertiary/aromatic N) is 1. The predicted molar refractivity (Wildman–Crippen MR) is 51.2 cm³/mol. The van der Waals surface area contributed by atoms with Crippen LogP contribution in [0.2, 0.25) is 0 Å². The number of fused-ring (bicyclic) bond motifs is 1. The molecular formula is C10H18N2. The lowest BCUT2D eigenvalue weighted by molar-refractivity contribution is 0.510. The third-order valence-electron chi connectivity index (χ3n) is 2.99. The fraction of sp³-hybridized carbons (Fsp3) is 0.900. The summed E-state index contributed by atoms with van der Waals surface area (Å²) < 4.78 is 0. The Hall–Kier alpha value is -0.530. The highest BCUT2D eigenvalue weighted by atomic mass is 15.3. The third-order valence-corrected chi connectivity index (χ3v) is 2.99. The van der Waals surface area contributed by atoms with Crippen LogP contribution in [-0.4, -0.2) is 11.8 Å². The van der Waals surface area contributed by atoms with Gasteiger partial charge in [0, 0.05) is 17.0 Å². The first-order chi connectivity index (χ1) is 5.59. The van der Waals surface area contributed by atoms with Gasteiger partial charge in [0.05, 0.1) is 6.04 Å². The zero-order valence-corrected chi connectivity index (χ0v) is 8.22. The highest BCUT2D eigenvalue weighted by molar-refractivity contribution is 5.93. The first kappa shape index (κ1) is 8.09. The molecule has 0 spiro atoms. The van der Waals surface area contributed by atoms with Crippen LogP contribution in [-0.2, 0) is 0 Å². The molecule has 2 atom stereocenters. The minimum absolute atomic E-state index is 0.261. The van der Waals surface area contributed by atoms with Crippen molar-refractivity contribution in [3.8, 4) is 0 Å². The van der Waals surface area contributed by atoms with Gasteiger partial charge >= 0.3 is 0 Å². The van der Waals surface area contributed by atoms with Gasteiger partial charge in [-0.1, -0.05) is 27.2 Å². The second-order valence-electron chi connectivity index (χ2n) is 5.02. The van der Waals surface area contributed by atoms with E-state index in [0.29, 0.717) is 6.04 Å². The van der Waals surface area contributed by atoms with Crippen LogP contribution >= 0.6 is 0 Å². The summed E-state index contributed by atoms with van der Waals surface area (Å²) in [5, 5.41) is 4.46. The van der Waals surface area contributed by atoms with E-state index in [-0.39, 0.29) is 5.41 Å². The Kier molecular flexibility index (Phi) is 1.67. The molecule has 0 bridgehead atoms. The molecule has 0 amide bonds. The fourth-order valence-electron chi connectivity index (χ4n) is 2.40. The van der Waals surface area contributed by atoms with Crippen LogP contribution < -0.4 is 5.43 Å². The third kappa shape index (κ3) is 1.13. The van der Waals surface area contributed by atoms with Gasteiger partial charge in [-0.05, 0) is 12.8 Å². The van der Waals surface area contributed by atoms with Crippen LogP contribution in [0.25, 0.3) is 0 Å². The number of nitrogens with one attached hydrogen (secondary N) is 1. The molecule has 12 heavy (non-hydrogen) atoms. The average molecular weight is 166 g/mol. The highest BCUT2D eigenvalue weighted by Gasteiger charge is 2.40. The molecule has 0 aromatic rings. The molecule has 0 aromatic carbocycles. The van der Waals surface area contributed by atoms with Gasteiger partial charge in [-0.25, -0.2) is 0 Å². The van der Waals surface area contributed by atoms with Crippen molar-refractivity contribution in [2.24, 2.45) is 16.4 Å². The van der Waals surface area contributed by atoms with Crippen molar-refractivity contribution in [2.45, 2.75) is 46.1 Å². The van der Waals surface area contributed by atoms with E-state index < -0.39 is 0 Å². The molecule has 1 N–H and O–H groups in total. The van der Waals surface area contributed by atoms with Crippen molar-refractivity contribution in [3.63, 3.8) is 0 Å². The lowest BCUT2D eigenvalue weighted by atomic mass is 9.81. The second kappa shape index (κ2) is 2.48. The Bertz CT molecular complexity index is 212. The van der Waals surface area contributed by atoms with Crippen molar-refractivity contribution in [1.29, 1.82) is 0 Å². The maximum Gasteiger partial charge on any atom is 0.0521 e. The van der Waals surface area contributed by atoms with Gasteiger partial charge in [0.2, 0.25) is 0 Å². The molecule has 2 unspecified atom stereocenters. The Morgan fingerprint density at radius 2 is 2.08 bits per heavy atom. The molecule has 0 aromatic heterocycles. The van der Waals surface area contributed by atoms with Crippen molar-refractivity contribution in [1.82, 2.24) is 5.43 Å². The van der Waals surface area contributed by atoms with Gasteiger partial charge in [-0.3, -0.25) is 0 Å². The molecule has 1 aliphatic heterocycles. The predicted octanol–water partition coefficient (Wildman–Crippen LogP) is 2.16. The van der Waals surface area contributed by atoms with Crippen LogP contribution in [0.5, 0.6) is 0 Å². The Balaban J connectivity index is 2.18. The van der Waals surface area contributed by atoms with E-state index in [9.17, 15) is 0 Å². The Labute approximate surface area is 74.4 Å². The molecule has 1 aliphatic carbocycles. The minimum atomic E-state index is 0.261. The summed E-state index contributed by atoms with van der Waals surface area (Å²) in [6.45, 7) is 6.77. The average Bonchev–Trinajstić information content (AvgIpc) is 2.37. The van der Waals surface area contributed by atoms with Gasteiger partial charge in [0.25, 0.3) is 0 Å². The quantitative estimate of drug-likeness (QED) is 0.586. The first-order valence-electron chi connectivity index (χ1n) is 4.92. The summed E-state index contributed by atoms with van der Waals surface area (Å²) in [6, 6.07) is 0.666. The standard InChI is InChI=1S/C10H18N2/c1-10(2,3)9-7-5-4-6-8(7)11-12-9/h7-8,11H,4-6H2,1-3H3. The summed E-state index contributed by atoms with van der Waals surface area (Å²) in [5.41, 5.74) is 4.92. The van der Waals surface area contributed by atoms with Crippen LogP contribution in [0.1, 0.15) is 40.0 Å². The Morgan fingerprint density at radius 3 is 2.75 bits per heavy atom. The van der Waals surface area contributed by atoms with Crippen molar-refractivity contribution < 1.29 is 0 Å². The van der Waals surface area contributed by atoms with Gasteiger partial charge in [-0.15, -0.1) is 0 Å². The second-order valence-corrected chi connectivity index (χ2v) is 5.02. The van der Waals surface area contributed by atoms with Gasteiger partial charge in [0.1, 0.15) is 0 Å². The zero-order chi connectivity index (χ0) is 8.77. The van der Waals surface area contributed by atoms with Crippen LogP contribution in [0.15, 0.2) is 5.10 Å². The van der Waals surface area contributed by atoms with Crippen molar-refractivity contribution >= 4 is 5.71 Å². The molecular weight excluding hydrogens is 148 g/mol. The summed E-state index contributed by atoms with van der Waals surface area (Å²) in [4.78, 5) is 0. The van der Waals surface area contributed by atoms with Crippen molar-refractivity contribution in [2.75, 3.05) is 0 Å². The molecule has 2 aliphatic rings. The monoisotopic (exact) mass is 166 g/mol. The molecule has 68 valence electrons. The highest BCUT2D eigenvalue weighted by Crippen LogP contribution is 2.36. The van der Waals surface area contributed by atoms with Crippen LogP contribution in [0.3, 0.4) is 0 Å². The zero-order valence-electron chi connectivity index (χ0n) is 8.22. The summed E-state index contributed by atoms with van der Waals surface area (Å²) >= 11 is 0. The smallest absolute Gasteiger partial charge is 0.0521 e. The molecule has 2 nitrogen and oxygen atoms in total. The largest absolute Gasteiger partial charge is 0.306 e. The van der Waals surface area contributed by atoms with Crippen LogP contribution in [0.4, 0.5) is 0 Å². The molecule has 2 heteroatoms. The lowest BCUT2D eigenvalue weighted by Gasteiger charge is -2.22. The lowest BCUT2D eigenvalue weighted by Crippen LogP contribution is -2.29. The molecule has 0 saturated heterocycles. The first-order valence-corrected chi connectivity index (χ1v) is 4.92. The van der Waals surface area contributed by atoms with E-state index in [2.05, 4.69) is 31.3 Å². The molecule has 1 fully saturated rings. The molecule has 1 heterocycles. The number of hydrogen-bond acceptors (Lipinski definition) is 2. The maximum absolute atomic E-state index is 4.46. The summed E-state index contributed by atoms with van der Waals surface area (Å²) in [6.07, 6.45) is 4.03. The molecule has 0 radical (unpaired) electrons. The number of hydrazone groups is 1. The fourth-order valence-corrected chi connectivity index (χ4v) is 2.40. The van der Waals surface area contributed by atoms with E-state index >= 15 is 0 Å².